The van der Waals surface area contributed by atoms with Gasteiger partial charge in [0.1, 0.15) is 0 Å². The maximum atomic E-state index is 10.6. The zero-order chi connectivity index (χ0) is 13.3. The van der Waals surface area contributed by atoms with Crippen molar-refractivity contribution in [3.8, 4) is 0 Å². The summed E-state index contributed by atoms with van der Waals surface area (Å²) >= 11 is 5.97. The van der Waals surface area contributed by atoms with Gasteiger partial charge in [0.25, 0.3) is 5.69 Å². The molecule has 0 fully saturated rings. The first-order valence-corrected chi connectivity index (χ1v) is 5.57. The Morgan fingerprint density at radius 1 is 1.44 bits per heavy atom. The maximum Gasteiger partial charge on any atom is 0.271 e. The molecule has 1 aromatic heterocycles. The molecular formula is C11H11ClN4O2. The zero-order valence-corrected chi connectivity index (χ0v) is 10.6. The molecule has 0 spiro atoms. The minimum absolute atomic E-state index is 0.0391. The molecule has 0 saturated heterocycles. The summed E-state index contributed by atoms with van der Waals surface area (Å²) in [7, 11) is 1.83. The van der Waals surface area contributed by atoms with Gasteiger partial charge in [0.15, 0.2) is 5.82 Å². The van der Waals surface area contributed by atoms with Crippen LogP contribution in [0.2, 0.25) is 5.02 Å². The topological polar surface area (TPSA) is 73.0 Å². The minimum Gasteiger partial charge on any atom is -0.338 e. The minimum atomic E-state index is -0.486. The highest BCUT2D eigenvalue weighted by atomic mass is 35.5. The van der Waals surface area contributed by atoms with E-state index in [0.717, 1.165) is 5.69 Å². The van der Waals surface area contributed by atoms with Gasteiger partial charge in [0.2, 0.25) is 0 Å². The van der Waals surface area contributed by atoms with Crippen LogP contribution in [0.5, 0.6) is 0 Å². The lowest BCUT2D eigenvalue weighted by atomic mass is 10.3. The van der Waals surface area contributed by atoms with Gasteiger partial charge < -0.3 is 5.32 Å². The van der Waals surface area contributed by atoms with Gasteiger partial charge in [0, 0.05) is 30.9 Å². The predicted molar refractivity (Wildman–Crippen MR) is 69.3 cm³/mol. The number of non-ortho nitro benzene ring substituents is 1. The van der Waals surface area contributed by atoms with Crippen molar-refractivity contribution in [3.63, 3.8) is 0 Å². The van der Waals surface area contributed by atoms with Crippen molar-refractivity contribution in [1.82, 2.24) is 9.78 Å². The highest BCUT2D eigenvalue weighted by Gasteiger charge is 2.10. The van der Waals surface area contributed by atoms with Gasteiger partial charge in [0.05, 0.1) is 15.6 Å². The van der Waals surface area contributed by atoms with Crippen LogP contribution in [0.15, 0.2) is 24.3 Å². The quantitative estimate of drug-likeness (QED) is 0.684. The third-order valence-corrected chi connectivity index (χ3v) is 2.85. The largest absolute Gasteiger partial charge is 0.338 e. The van der Waals surface area contributed by atoms with Gasteiger partial charge in [-0.1, -0.05) is 11.6 Å². The molecule has 0 amide bonds. The fourth-order valence-electron chi connectivity index (χ4n) is 1.48. The summed E-state index contributed by atoms with van der Waals surface area (Å²) in [6.07, 6.45) is 0. The summed E-state index contributed by atoms with van der Waals surface area (Å²) in [4.78, 5) is 10.1. The van der Waals surface area contributed by atoms with Crippen molar-refractivity contribution in [2.24, 2.45) is 7.05 Å². The Morgan fingerprint density at radius 3 is 2.67 bits per heavy atom. The van der Waals surface area contributed by atoms with Gasteiger partial charge in [-0.25, -0.2) is 0 Å². The summed E-state index contributed by atoms with van der Waals surface area (Å²) < 4.78 is 1.72. The number of nitrogens with one attached hydrogen (secondary N) is 1. The fourth-order valence-corrected chi connectivity index (χ4v) is 1.70. The van der Waals surface area contributed by atoms with Crippen LogP contribution in [0.3, 0.4) is 0 Å². The highest BCUT2D eigenvalue weighted by molar-refractivity contribution is 6.33. The van der Waals surface area contributed by atoms with E-state index in [9.17, 15) is 10.1 Å². The molecule has 2 aromatic rings. The monoisotopic (exact) mass is 266 g/mol. The number of aromatic nitrogens is 2. The van der Waals surface area contributed by atoms with Gasteiger partial charge in [-0.15, -0.1) is 0 Å². The summed E-state index contributed by atoms with van der Waals surface area (Å²) in [5.41, 5.74) is 1.54. The molecule has 6 nitrogen and oxygen atoms in total. The number of aryl methyl sites for hydroxylation is 2. The molecule has 1 heterocycles. The SMILES string of the molecule is Cc1cc(Nc2ccc([N+](=O)[O-])cc2Cl)nn1C. The first-order chi connectivity index (χ1) is 8.47. The number of nitro benzene ring substituents is 1. The van der Waals surface area contributed by atoms with Crippen molar-refractivity contribution in [2.75, 3.05) is 5.32 Å². The second-order valence-corrected chi connectivity index (χ2v) is 4.25. The first-order valence-electron chi connectivity index (χ1n) is 5.19. The van der Waals surface area contributed by atoms with Gasteiger partial charge in [-0.2, -0.15) is 5.10 Å². The Labute approximate surface area is 108 Å². The van der Waals surface area contributed by atoms with E-state index in [0.29, 0.717) is 11.5 Å². The molecule has 0 aliphatic rings. The van der Waals surface area contributed by atoms with Crippen LogP contribution >= 0.6 is 11.6 Å². The molecule has 0 aliphatic heterocycles. The van der Waals surface area contributed by atoms with E-state index < -0.39 is 4.92 Å². The molecule has 94 valence electrons. The molecule has 0 unspecified atom stereocenters. The van der Waals surface area contributed by atoms with Crippen molar-refractivity contribution >= 4 is 28.8 Å². The Bertz CT molecular complexity index is 590. The van der Waals surface area contributed by atoms with E-state index in [1.54, 1.807) is 10.7 Å². The normalized spacial score (nSPS) is 10.4. The van der Waals surface area contributed by atoms with Crippen LogP contribution in [0.25, 0.3) is 0 Å². The molecule has 1 N–H and O–H groups in total. The van der Waals surface area contributed by atoms with E-state index in [2.05, 4.69) is 10.4 Å². The Morgan fingerprint density at radius 2 is 2.17 bits per heavy atom. The lowest BCUT2D eigenvalue weighted by Gasteiger charge is -2.04. The molecule has 7 heteroatoms. The average molecular weight is 267 g/mol. The number of anilines is 2. The van der Waals surface area contributed by atoms with Gasteiger partial charge in [-0.05, 0) is 13.0 Å². The van der Waals surface area contributed by atoms with Crippen LogP contribution in [-0.2, 0) is 7.05 Å². The van der Waals surface area contributed by atoms with Crippen molar-refractivity contribution in [1.29, 1.82) is 0 Å². The Balaban J connectivity index is 2.27. The summed E-state index contributed by atoms with van der Waals surface area (Å²) in [6, 6.07) is 6.12. The molecular weight excluding hydrogens is 256 g/mol. The van der Waals surface area contributed by atoms with E-state index in [1.165, 1.54) is 12.1 Å². The Kier molecular flexibility index (Phi) is 3.20. The smallest absolute Gasteiger partial charge is 0.271 e. The molecule has 0 aliphatic carbocycles. The number of hydrogen-bond donors (Lipinski definition) is 1. The van der Waals surface area contributed by atoms with Crippen LogP contribution in [0.1, 0.15) is 5.69 Å². The van der Waals surface area contributed by atoms with Crippen molar-refractivity contribution in [2.45, 2.75) is 6.92 Å². The number of benzene rings is 1. The van der Waals surface area contributed by atoms with Crippen LogP contribution in [0, 0.1) is 17.0 Å². The molecule has 0 bridgehead atoms. The second kappa shape index (κ2) is 4.66. The first kappa shape index (κ1) is 12.4. The maximum absolute atomic E-state index is 10.6. The molecule has 2 rings (SSSR count). The lowest BCUT2D eigenvalue weighted by molar-refractivity contribution is -0.384. The summed E-state index contributed by atoms with van der Waals surface area (Å²) in [5, 5.41) is 18.1. The van der Waals surface area contributed by atoms with Crippen LogP contribution < -0.4 is 5.32 Å². The highest BCUT2D eigenvalue weighted by Crippen LogP contribution is 2.28. The average Bonchev–Trinajstić information content (AvgIpc) is 2.61. The number of halogens is 1. The molecule has 1 aromatic carbocycles. The van der Waals surface area contributed by atoms with E-state index in [1.807, 2.05) is 20.0 Å². The van der Waals surface area contributed by atoms with E-state index >= 15 is 0 Å². The molecule has 0 radical (unpaired) electrons. The fraction of sp³-hybridized carbons (Fsp3) is 0.182. The number of nitro groups is 1. The van der Waals surface area contributed by atoms with Gasteiger partial charge >= 0.3 is 0 Å². The molecule has 18 heavy (non-hydrogen) atoms. The number of rotatable bonds is 3. The van der Waals surface area contributed by atoms with Crippen LogP contribution in [0.4, 0.5) is 17.2 Å². The van der Waals surface area contributed by atoms with Crippen molar-refractivity contribution < 1.29 is 4.92 Å². The van der Waals surface area contributed by atoms with E-state index in [-0.39, 0.29) is 10.7 Å². The predicted octanol–water partition coefficient (Wildman–Crippen LogP) is 3.03. The van der Waals surface area contributed by atoms with Gasteiger partial charge in [-0.3, -0.25) is 14.8 Å². The van der Waals surface area contributed by atoms with E-state index in [4.69, 9.17) is 11.6 Å². The lowest BCUT2D eigenvalue weighted by Crippen LogP contribution is -1.96. The molecule has 0 saturated carbocycles. The molecule has 0 atom stereocenters. The third-order valence-electron chi connectivity index (χ3n) is 2.54. The van der Waals surface area contributed by atoms with Crippen molar-refractivity contribution in [3.05, 3.63) is 45.1 Å². The second-order valence-electron chi connectivity index (χ2n) is 3.84. The zero-order valence-electron chi connectivity index (χ0n) is 9.85. The standard InChI is InChI=1S/C11H11ClN4O2/c1-7-5-11(14-15(7)2)13-10-4-3-8(16(17)18)6-9(10)12/h3-6H,1-2H3,(H,13,14). The van der Waals surface area contributed by atoms with Crippen LogP contribution in [-0.4, -0.2) is 14.7 Å². The number of hydrogen-bond acceptors (Lipinski definition) is 4. The number of nitrogens with zero attached hydrogens (tertiary/aromatic N) is 3. The summed E-state index contributed by atoms with van der Waals surface area (Å²) in [5.74, 6) is 0.644. The summed E-state index contributed by atoms with van der Waals surface area (Å²) in [6.45, 7) is 1.93. The third kappa shape index (κ3) is 2.43. The Hall–Kier alpha value is -2.08.